The monoisotopic (exact) mass is 320 g/mol. The molecule has 0 spiro atoms. The molecule has 2 nitrogen and oxygen atoms in total. The van der Waals surface area contributed by atoms with E-state index in [2.05, 4.69) is 31.2 Å². The minimum absolute atomic E-state index is 0.315. The smallest absolute Gasteiger partial charge is 0.216 e. The number of fused-ring (bicyclic) bond motifs is 1. The van der Waals surface area contributed by atoms with E-state index in [1.54, 1.807) is 0 Å². The molecule has 2 heterocycles. The van der Waals surface area contributed by atoms with Crippen LogP contribution in [0.2, 0.25) is 0 Å². The van der Waals surface area contributed by atoms with Crippen molar-refractivity contribution < 1.29 is 9.28 Å². The fourth-order valence-electron chi connectivity index (χ4n) is 4.94. The van der Waals surface area contributed by atoms with Crippen molar-refractivity contribution in [1.29, 1.82) is 0 Å². The van der Waals surface area contributed by atoms with Crippen LogP contribution >= 0.6 is 0 Å². The fourth-order valence-corrected chi connectivity index (χ4v) is 4.94. The predicted octanol–water partition coefficient (Wildman–Crippen LogP) is 4.56. The van der Waals surface area contributed by atoms with Gasteiger partial charge in [0.25, 0.3) is 0 Å². The summed E-state index contributed by atoms with van der Waals surface area (Å²) in [6.07, 6.45) is 3.88. The number of quaternary nitrogens is 1. The van der Waals surface area contributed by atoms with Gasteiger partial charge in [0.1, 0.15) is 6.54 Å². The second-order valence-corrected chi connectivity index (χ2v) is 7.67. The Balaban J connectivity index is 1.51. The third-order valence-electron chi connectivity index (χ3n) is 6.27. The number of benzene rings is 2. The molecule has 0 N–H and O–H groups in total. The van der Waals surface area contributed by atoms with Crippen LogP contribution in [0.15, 0.2) is 54.6 Å². The first-order valence-corrected chi connectivity index (χ1v) is 9.22. The largest absolute Gasteiger partial charge is 0.314 e. The van der Waals surface area contributed by atoms with Gasteiger partial charge in [-0.3, -0.25) is 4.79 Å². The highest BCUT2D eigenvalue weighted by Crippen LogP contribution is 2.40. The molecule has 24 heavy (non-hydrogen) atoms. The summed E-state index contributed by atoms with van der Waals surface area (Å²) in [6, 6.07) is 19.2. The number of Topliss-reactive ketones (excluding diaryl/α,β-unsaturated/α-hetero) is 1. The maximum Gasteiger partial charge on any atom is 0.216 e. The number of carbonyl (C=O) groups excluding carboxylic acids is 1. The standard InChI is InChI=1S/C22H26NO/c1-17-13-15-23(14-5-8-21(17)23)16-22(24)20-11-9-19(10-12-20)18-6-3-2-4-7-18/h2-4,6-7,9-12,17,21H,5,8,13-16H2,1H3/q+1/t17-,21-,23?/m0/s1. The van der Waals surface area contributed by atoms with Crippen LogP contribution < -0.4 is 0 Å². The molecule has 124 valence electrons. The van der Waals surface area contributed by atoms with Crippen LogP contribution in [0, 0.1) is 5.92 Å². The summed E-state index contributed by atoms with van der Waals surface area (Å²) < 4.78 is 1.06. The molecular weight excluding hydrogens is 294 g/mol. The van der Waals surface area contributed by atoms with Crippen LogP contribution in [0.5, 0.6) is 0 Å². The third kappa shape index (κ3) is 2.69. The Morgan fingerprint density at radius 3 is 2.42 bits per heavy atom. The quantitative estimate of drug-likeness (QED) is 0.596. The first-order valence-electron chi connectivity index (χ1n) is 9.22. The van der Waals surface area contributed by atoms with Crippen molar-refractivity contribution in [2.24, 2.45) is 5.92 Å². The lowest BCUT2D eigenvalue weighted by atomic mass is 10.00. The van der Waals surface area contributed by atoms with Crippen molar-refractivity contribution in [3.05, 3.63) is 60.2 Å². The Morgan fingerprint density at radius 1 is 0.958 bits per heavy atom. The molecule has 0 aromatic heterocycles. The fraction of sp³-hybridized carbons (Fsp3) is 0.409. The number of hydrogen-bond acceptors (Lipinski definition) is 1. The maximum atomic E-state index is 12.9. The molecule has 2 aromatic carbocycles. The van der Waals surface area contributed by atoms with Crippen molar-refractivity contribution in [2.75, 3.05) is 19.6 Å². The topological polar surface area (TPSA) is 17.1 Å². The molecule has 2 heteroatoms. The summed E-state index contributed by atoms with van der Waals surface area (Å²) in [5.74, 6) is 1.09. The molecule has 1 unspecified atom stereocenters. The van der Waals surface area contributed by atoms with Crippen LogP contribution in [0.1, 0.15) is 36.5 Å². The van der Waals surface area contributed by atoms with Gasteiger partial charge in [-0.1, -0.05) is 61.5 Å². The highest BCUT2D eigenvalue weighted by Gasteiger charge is 2.50. The predicted molar refractivity (Wildman–Crippen MR) is 97.9 cm³/mol. The van der Waals surface area contributed by atoms with E-state index in [-0.39, 0.29) is 0 Å². The van der Waals surface area contributed by atoms with Gasteiger partial charge in [-0.05, 0) is 11.1 Å². The van der Waals surface area contributed by atoms with Gasteiger partial charge in [-0.15, -0.1) is 0 Å². The molecule has 0 saturated carbocycles. The van der Waals surface area contributed by atoms with Gasteiger partial charge in [-0.25, -0.2) is 0 Å². The molecule has 0 bridgehead atoms. The summed E-state index contributed by atoms with van der Waals surface area (Å²) in [6.45, 7) is 5.46. The van der Waals surface area contributed by atoms with E-state index < -0.39 is 0 Å². The van der Waals surface area contributed by atoms with Gasteiger partial charge in [-0.2, -0.15) is 0 Å². The van der Waals surface area contributed by atoms with Gasteiger partial charge in [0.05, 0.1) is 19.1 Å². The lowest BCUT2D eigenvalue weighted by Gasteiger charge is -2.35. The second-order valence-electron chi connectivity index (χ2n) is 7.67. The zero-order chi connectivity index (χ0) is 16.6. The minimum atomic E-state index is 0.315. The summed E-state index contributed by atoms with van der Waals surface area (Å²) in [4.78, 5) is 12.9. The Morgan fingerprint density at radius 2 is 1.67 bits per heavy atom. The highest BCUT2D eigenvalue weighted by molar-refractivity contribution is 5.97. The second kappa shape index (κ2) is 6.18. The summed E-state index contributed by atoms with van der Waals surface area (Å²) in [5.41, 5.74) is 3.24. The van der Waals surface area contributed by atoms with Crippen LogP contribution in [-0.4, -0.2) is 35.9 Å². The van der Waals surface area contributed by atoms with Crippen LogP contribution in [0.25, 0.3) is 11.1 Å². The molecule has 4 rings (SSSR count). The van der Waals surface area contributed by atoms with E-state index in [1.165, 1.54) is 43.5 Å². The average Bonchev–Trinajstić information content (AvgIpc) is 3.16. The number of nitrogens with zero attached hydrogens (tertiary/aromatic N) is 1. The number of rotatable bonds is 4. The molecule has 0 radical (unpaired) electrons. The highest BCUT2D eigenvalue weighted by atomic mass is 16.1. The van der Waals surface area contributed by atoms with E-state index in [0.717, 1.165) is 22.0 Å². The first kappa shape index (κ1) is 15.6. The molecule has 2 aliphatic heterocycles. The Kier molecular flexibility index (Phi) is 4.01. The van der Waals surface area contributed by atoms with Gasteiger partial charge in [0.15, 0.2) is 0 Å². The third-order valence-corrected chi connectivity index (χ3v) is 6.27. The summed E-state index contributed by atoms with van der Waals surface area (Å²) in [5, 5.41) is 0. The molecule has 0 amide bonds. The van der Waals surface area contributed by atoms with Gasteiger partial charge in [0.2, 0.25) is 5.78 Å². The Labute approximate surface area is 144 Å². The van der Waals surface area contributed by atoms with E-state index in [0.29, 0.717) is 12.3 Å². The van der Waals surface area contributed by atoms with E-state index >= 15 is 0 Å². The Hall–Kier alpha value is -1.93. The molecule has 2 fully saturated rings. The van der Waals surface area contributed by atoms with E-state index in [9.17, 15) is 4.79 Å². The molecule has 2 saturated heterocycles. The summed E-state index contributed by atoms with van der Waals surface area (Å²) >= 11 is 0. The minimum Gasteiger partial charge on any atom is -0.314 e. The molecule has 2 aromatic rings. The van der Waals surface area contributed by atoms with Gasteiger partial charge >= 0.3 is 0 Å². The first-order chi connectivity index (χ1) is 11.7. The lowest BCUT2D eigenvalue weighted by Crippen LogP contribution is -2.51. The van der Waals surface area contributed by atoms with Gasteiger partial charge < -0.3 is 4.48 Å². The molecule has 3 atom stereocenters. The normalized spacial score (nSPS) is 28.7. The average molecular weight is 320 g/mol. The summed E-state index contributed by atoms with van der Waals surface area (Å²) in [7, 11) is 0. The lowest BCUT2D eigenvalue weighted by molar-refractivity contribution is -0.921. The van der Waals surface area contributed by atoms with E-state index in [1.807, 2.05) is 30.3 Å². The SMILES string of the molecule is C[C@H]1CC[N+]2(CC(=O)c3ccc(-c4ccccc4)cc3)CCC[C@@H]12. The zero-order valence-corrected chi connectivity index (χ0v) is 14.4. The van der Waals surface area contributed by atoms with E-state index in [4.69, 9.17) is 0 Å². The number of hydrogen-bond donors (Lipinski definition) is 0. The van der Waals surface area contributed by atoms with Crippen molar-refractivity contribution in [2.45, 2.75) is 32.2 Å². The number of ketones is 1. The van der Waals surface area contributed by atoms with Gasteiger partial charge in [0, 0.05) is 30.7 Å². The van der Waals surface area contributed by atoms with Crippen molar-refractivity contribution >= 4 is 5.78 Å². The number of carbonyl (C=O) groups is 1. The molecule has 2 aliphatic rings. The Bertz CT molecular complexity index is 721. The van der Waals surface area contributed by atoms with Crippen LogP contribution in [-0.2, 0) is 0 Å². The molecule has 0 aliphatic carbocycles. The van der Waals surface area contributed by atoms with Crippen molar-refractivity contribution in [3.63, 3.8) is 0 Å². The van der Waals surface area contributed by atoms with Crippen molar-refractivity contribution in [3.8, 4) is 11.1 Å². The zero-order valence-electron chi connectivity index (χ0n) is 14.4. The van der Waals surface area contributed by atoms with Crippen LogP contribution in [0.3, 0.4) is 0 Å². The maximum absolute atomic E-state index is 12.9. The van der Waals surface area contributed by atoms with Crippen molar-refractivity contribution in [1.82, 2.24) is 0 Å². The molecular formula is C22H26NO+. The van der Waals surface area contributed by atoms with Crippen LogP contribution in [0.4, 0.5) is 0 Å².